The van der Waals surface area contributed by atoms with Gasteiger partial charge in [-0.05, 0) is 30.7 Å². The zero-order valence-electron chi connectivity index (χ0n) is 14.6. The van der Waals surface area contributed by atoms with E-state index in [2.05, 4.69) is 32.4 Å². The maximum Gasteiger partial charge on any atom is 0.230 e. The molecule has 0 fully saturated rings. The van der Waals surface area contributed by atoms with E-state index in [1.165, 1.54) is 0 Å². The summed E-state index contributed by atoms with van der Waals surface area (Å²) in [5.41, 5.74) is 2.76. The topological polar surface area (TPSA) is 68.5 Å². The van der Waals surface area contributed by atoms with E-state index in [1.54, 1.807) is 18.0 Å². The molecule has 0 saturated carbocycles. The van der Waals surface area contributed by atoms with Crippen LogP contribution in [-0.2, 0) is 12.3 Å². The number of aromatic nitrogens is 5. The van der Waals surface area contributed by atoms with Crippen molar-refractivity contribution in [2.45, 2.75) is 24.4 Å². The van der Waals surface area contributed by atoms with Gasteiger partial charge in [0.15, 0.2) is 11.0 Å². The quantitative estimate of drug-likeness (QED) is 0.466. The van der Waals surface area contributed by atoms with Crippen LogP contribution in [-0.4, -0.2) is 24.7 Å². The molecule has 0 bridgehead atoms. The molecule has 0 unspecified atom stereocenters. The highest BCUT2D eigenvalue weighted by atomic mass is 35.5. The van der Waals surface area contributed by atoms with E-state index in [1.807, 2.05) is 53.1 Å². The summed E-state index contributed by atoms with van der Waals surface area (Å²) in [7, 11) is 0. The maximum absolute atomic E-state index is 6.24. The van der Waals surface area contributed by atoms with Crippen molar-refractivity contribution in [3.63, 3.8) is 0 Å². The van der Waals surface area contributed by atoms with Crippen molar-refractivity contribution < 1.29 is 0 Å². The molecule has 27 heavy (non-hydrogen) atoms. The molecular formula is C19H17ClN6S. The summed E-state index contributed by atoms with van der Waals surface area (Å²) >= 11 is 7.84. The lowest BCUT2D eigenvalue weighted by Crippen LogP contribution is -2.05. The molecule has 1 N–H and O–H groups in total. The van der Waals surface area contributed by atoms with Crippen LogP contribution in [0.5, 0.6) is 0 Å². The molecule has 2 heterocycles. The Bertz CT molecular complexity index is 1080. The van der Waals surface area contributed by atoms with Crippen molar-refractivity contribution in [1.29, 1.82) is 0 Å². The smallest absolute Gasteiger partial charge is 0.230 e. The summed E-state index contributed by atoms with van der Waals surface area (Å²) < 4.78 is 2.01. The highest BCUT2D eigenvalue weighted by Crippen LogP contribution is 2.27. The number of halogens is 1. The molecule has 2 aromatic carbocycles. The summed E-state index contributed by atoms with van der Waals surface area (Å²) in [6.07, 6.45) is 1.70. The largest absolute Gasteiger partial charge is 0.308 e. The number of hydrogen-bond acceptors (Lipinski definition) is 6. The average Bonchev–Trinajstić information content (AvgIpc) is 3.08. The number of nitrogens with one attached hydrogen (secondary N) is 1. The molecule has 0 aliphatic rings. The normalized spacial score (nSPS) is 11.0. The predicted octanol–water partition coefficient (Wildman–Crippen LogP) is 4.93. The third-order valence-corrected chi connectivity index (χ3v) is 5.42. The van der Waals surface area contributed by atoms with Gasteiger partial charge in [0.1, 0.15) is 0 Å². The van der Waals surface area contributed by atoms with Gasteiger partial charge in [-0.25, -0.2) is 4.98 Å². The summed E-state index contributed by atoms with van der Waals surface area (Å²) in [6, 6.07) is 15.6. The van der Waals surface area contributed by atoms with Crippen molar-refractivity contribution in [2.24, 2.45) is 0 Å². The fraction of sp³-hybridized carbons (Fsp3) is 0.158. The van der Waals surface area contributed by atoms with Gasteiger partial charge in [-0.1, -0.05) is 53.7 Å². The summed E-state index contributed by atoms with van der Waals surface area (Å²) in [4.78, 5) is 9.00. The number of benzene rings is 2. The molecule has 8 heteroatoms. The highest BCUT2D eigenvalue weighted by molar-refractivity contribution is 7.98. The molecule has 4 rings (SSSR count). The zero-order valence-corrected chi connectivity index (χ0v) is 16.2. The van der Waals surface area contributed by atoms with Gasteiger partial charge >= 0.3 is 0 Å². The molecule has 0 saturated heterocycles. The van der Waals surface area contributed by atoms with Crippen LogP contribution in [0, 0.1) is 0 Å². The van der Waals surface area contributed by atoms with Crippen molar-refractivity contribution in [3.05, 3.63) is 65.3 Å². The Kier molecular flexibility index (Phi) is 5.22. The Balaban J connectivity index is 1.54. The van der Waals surface area contributed by atoms with E-state index in [9.17, 15) is 0 Å². The first-order chi connectivity index (χ1) is 13.2. The number of rotatable bonds is 6. The van der Waals surface area contributed by atoms with E-state index in [0.717, 1.165) is 39.1 Å². The molecule has 4 aromatic rings. The second-order valence-electron chi connectivity index (χ2n) is 5.80. The third-order valence-electron chi connectivity index (χ3n) is 4.04. The zero-order chi connectivity index (χ0) is 18.6. The molecule has 0 aliphatic heterocycles. The Morgan fingerprint density at radius 1 is 1.04 bits per heavy atom. The molecule has 6 nitrogen and oxygen atoms in total. The van der Waals surface area contributed by atoms with E-state index in [4.69, 9.17) is 11.6 Å². The Labute approximate surface area is 166 Å². The lowest BCUT2D eigenvalue weighted by molar-refractivity contribution is 0.688. The van der Waals surface area contributed by atoms with Crippen LogP contribution in [0.25, 0.3) is 11.0 Å². The van der Waals surface area contributed by atoms with Crippen molar-refractivity contribution >= 4 is 46.2 Å². The minimum atomic E-state index is 0.637. The number of fused-ring (bicyclic) bond motifs is 1. The van der Waals surface area contributed by atoms with Gasteiger partial charge in [0.25, 0.3) is 0 Å². The molecule has 136 valence electrons. The van der Waals surface area contributed by atoms with Crippen LogP contribution >= 0.6 is 23.4 Å². The summed E-state index contributed by atoms with van der Waals surface area (Å²) in [6.45, 7) is 2.79. The maximum atomic E-state index is 6.24. The second kappa shape index (κ2) is 7.94. The van der Waals surface area contributed by atoms with Crippen LogP contribution in [0.4, 0.5) is 11.8 Å². The molecule has 0 spiro atoms. The van der Waals surface area contributed by atoms with Gasteiger partial charge in [-0.2, -0.15) is 0 Å². The Hall–Kier alpha value is -2.64. The monoisotopic (exact) mass is 396 g/mol. The molecule has 0 amide bonds. The lowest BCUT2D eigenvalue weighted by Gasteiger charge is -2.09. The van der Waals surface area contributed by atoms with E-state index in [-0.39, 0.29) is 0 Å². The standard InChI is InChI=1S/C19H17ClN6S/c1-2-26-18(23-17-11-21-15-9-5-6-10-16(15)22-17)24-25-19(26)27-12-13-7-3-4-8-14(13)20/h3-11H,2,12H2,1H3,(H,22,23,24). The van der Waals surface area contributed by atoms with Gasteiger partial charge in [0.05, 0.1) is 17.2 Å². The molecular weight excluding hydrogens is 380 g/mol. The lowest BCUT2D eigenvalue weighted by atomic mass is 10.2. The fourth-order valence-corrected chi connectivity index (χ4v) is 3.95. The third kappa shape index (κ3) is 3.89. The highest BCUT2D eigenvalue weighted by Gasteiger charge is 2.13. The van der Waals surface area contributed by atoms with Crippen LogP contribution in [0.2, 0.25) is 5.02 Å². The summed E-state index contributed by atoms with van der Waals surface area (Å²) in [5, 5.41) is 13.4. The predicted molar refractivity (Wildman–Crippen MR) is 110 cm³/mol. The van der Waals surface area contributed by atoms with E-state index < -0.39 is 0 Å². The number of anilines is 2. The molecule has 0 atom stereocenters. The minimum Gasteiger partial charge on any atom is -0.308 e. The molecule has 0 aliphatic carbocycles. The fourth-order valence-electron chi connectivity index (χ4n) is 2.66. The number of nitrogens with zero attached hydrogens (tertiary/aromatic N) is 5. The SMILES string of the molecule is CCn1c(Nc2cnc3ccccc3n2)nnc1SCc1ccccc1Cl. The van der Waals surface area contributed by atoms with Crippen molar-refractivity contribution in [1.82, 2.24) is 24.7 Å². The van der Waals surface area contributed by atoms with Gasteiger partial charge < -0.3 is 5.32 Å². The van der Waals surface area contributed by atoms with Crippen LogP contribution in [0.15, 0.2) is 59.9 Å². The van der Waals surface area contributed by atoms with E-state index >= 15 is 0 Å². The van der Waals surface area contributed by atoms with Crippen LogP contribution in [0.3, 0.4) is 0 Å². The van der Waals surface area contributed by atoms with E-state index in [0.29, 0.717) is 11.8 Å². The first kappa shape index (κ1) is 17.8. The number of thioether (sulfide) groups is 1. The average molecular weight is 397 g/mol. The van der Waals surface area contributed by atoms with Crippen LogP contribution < -0.4 is 5.32 Å². The Morgan fingerprint density at radius 3 is 2.63 bits per heavy atom. The molecule has 2 aromatic heterocycles. The van der Waals surface area contributed by atoms with Gasteiger partial charge in [0.2, 0.25) is 5.95 Å². The Morgan fingerprint density at radius 2 is 1.81 bits per heavy atom. The minimum absolute atomic E-state index is 0.637. The van der Waals surface area contributed by atoms with Gasteiger partial charge in [0, 0.05) is 17.3 Å². The first-order valence-electron chi connectivity index (χ1n) is 8.53. The molecule has 0 radical (unpaired) electrons. The first-order valence-corrected chi connectivity index (χ1v) is 9.89. The number of para-hydroxylation sites is 2. The second-order valence-corrected chi connectivity index (χ2v) is 7.15. The van der Waals surface area contributed by atoms with Gasteiger partial charge in [-0.15, -0.1) is 10.2 Å². The van der Waals surface area contributed by atoms with Crippen molar-refractivity contribution in [3.8, 4) is 0 Å². The number of hydrogen-bond donors (Lipinski definition) is 1. The van der Waals surface area contributed by atoms with Crippen molar-refractivity contribution in [2.75, 3.05) is 5.32 Å². The van der Waals surface area contributed by atoms with Crippen LogP contribution in [0.1, 0.15) is 12.5 Å². The summed E-state index contributed by atoms with van der Waals surface area (Å²) in [5.74, 6) is 2.01. The van der Waals surface area contributed by atoms with Gasteiger partial charge in [-0.3, -0.25) is 9.55 Å².